The number of hydrogen-bond acceptors (Lipinski definition) is 4. The van der Waals surface area contributed by atoms with Crippen molar-refractivity contribution in [2.24, 2.45) is 13.0 Å². The Hall–Kier alpha value is -2.83. The second kappa shape index (κ2) is 8.96. The Morgan fingerprint density at radius 2 is 1.75 bits per heavy atom. The molecule has 0 atom stereocenters. The topological polar surface area (TPSA) is 67.7 Å². The third-order valence-corrected chi connectivity index (χ3v) is 6.32. The van der Waals surface area contributed by atoms with Crippen LogP contribution in [0.2, 0.25) is 0 Å². The SMILES string of the molecule is Cn1nc2c(c1C(=O)N1CCC(Cc3ccccc3)CC1)CN(C(=O)OC(C)(C)C)CC2. The van der Waals surface area contributed by atoms with Crippen molar-refractivity contribution < 1.29 is 14.3 Å². The van der Waals surface area contributed by atoms with Gasteiger partial charge in [-0.3, -0.25) is 9.48 Å². The number of ether oxygens (including phenoxy) is 1. The van der Waals surface area contributed by atoms with Crippen LogP contribution in [-0.4, -0.2) is 56.8 Å². The minimum Gasteiger partial charge on any atom is -0.444 e. The van der Waals surface area contributed by atoms with E-state index in [2.05, 4.69) is 29.4 Å². The molecule has 0 bridgehead atoms. The van der Waals surface area contributed by atoms with Gasteiger partial charge in [0, 0.05) is 38.7 Å². The third-order valence-electron chi connectivity index (χ3n) is 6.32. The molecular formula is C25H34N4O3. The summed E-state index contributed by atoms with van der Waals surface area (Å²) in [7, 11) is 1.82. The maximum atomic E-state index is 13.5. The summed E-state index contributed by atoms with van der Waals surface area (Å²) in [5, 5.41) is 4.60. The lowest BCUT2D eigenvalue weighted by atomic mass is 9.90. The van der Waals surface area contributed by atoms with Crippen molar-refractivity contribution in [3.05, 3.63) is 52.8 Å². The van der Waals surface area contributed by atoms with Crippen molar-refractivity contribution in [2.75, 3.05) is 19.6 Å². The number of rotatable bonds is 3. The van der Waals surface area contributed by atoms with Gasteiger partial charge in [0.15, 0.2) is 0 Å². The van der Waals surface area contributed by atoms with Crippen molar-refractivity contribution in [1.29, 1.82) is 0 Å². The zero-order valence-corrected chi connectivity index (χ0v) is 19.6. The van der Waals surface area contributed by atoms with Gasteiger partial charge in [-0.05, 0) is 51.5 Å². The highest BCUT2D eigenvalue weighted by Crippen LogP contribution is 2.27. The molecule has 1 aromatic carbocycles. The number of amides is 2. The van der Waals surface area contributed by atoms with E-state index in [-0.39, 0.29) is 12.0 Å². The Morgan fingerprint density at radius 1 is 1.06 bits per heavy atom. The predicted molar refractivity (Wildman–Crippen MR) is 122 cm³/mol. The fraction of sp³-hybridized carbons (Fsp3) is 0.560. The number of aryl methyl sites for hydroxylation is 1. The second-order valence-electron chi connectivity index (χ2n) is 9.97. The first-order valence-electron chi connectivity index (χ1n) is 11.6. The number of benzene rings is 1. The van der Waals surface area contributed by atoms with E-state index in [1.54, 1.807) is 9.58 Å². The number of likely N-dealkylation sites (tertiary alicyclic amines) is 1. The van der Waals surface area contributed by atoms with Crippen LogP contribution in [0.3, 0.4) is 0 Å². The van der Waals surface area contributed by atoms with Gasteiger partial charge in [0.25, 0.3) is 5.91 Å². The highest BCUT2D eigenvalue weighted by Gasteiger charge is 2.34. The van der Waals surface area contributed by atoms with E-state index in [4.69, 9.17) is 4.74 Å². The number of hydrogen-bond donors (Lipinski definition) is 0. The summed E-state index contributed by atoms with van der Waals surface area (Å²) >= 11 is 0. The Balaban J connectivity index is 1.42. The van der Waals surface area contributed by atoms with Crippen molar-refractivity contribution >= 4 is 12.0 Å². The lowest BCUT2D eigenvalue weighted by molar-refractivity contribution is 0.0221. The van der Waals surface area contributed by atoms with Crippen molar-refractivity contribution in [3.63, 3.8) is 0 Å². The van der Waals surface area contributed by atoms with Gasteiger partial charge >= 0.3 is 6.09 Å². The molecule has 2 aliphatic heterocycles. The van der Waals surface area contributed by atoms with E-state index in [1.165, 1.54) is 5.56 Å². The molecular weight excluding hydrogens is 404 g/mol. The van der Waals surface area contributed by atoms with Crippen LogP contribution in [0, 0.1) is 5.92 Å². The van der Waals surface area contributed by atoms with E-state index in [0.717, 1.165) is 43.6 Å². The van der Waals surface area contributed by atoms with Gasteiger partial charge in [-0.1, -0.05) is 30.3 Å². The van der Waals surface area contributed by atoms with Gasteiger partial charge in [0.05, 0.1) is 12.2 Å². The molecule has 2 amide bonds. The van der Waals surface area contributed by atoms with Crippen LogP contribution >= 0.6 is 0 Å². The quantitative estimate of drug-likeness (QED) is 0.731. The first-order chi connectivity index (χ1) is 15.2. The van der Waals surface area contributed by atoms with Gasteiger partial charge in [-0.25, -0.2) is 4.79 Å². The Labute approximate surface area is 190 Å². The molecule has 2 aromatic rings. The maximum absolute atomic E-state index is 13.5. The highest BCUT2D eigenvalue weighted by atomic mass is 16.6. The molecule has 7 heteroatoms. The Morgan fingerprint density at radius 3 is 2.41 bits per heavy atom. The van der Waals surface area contributed by atoms with Gasteiger partial charge in [-0.15, -0.1) is 0 Å². The van der Waals surface area contributed by atoms with E-state index >= 15 is 0 Å². The molecule has 0 spiro atoms. The molecule has 172 valence electrons. The van der Waals surface area contributed by atoms with Crippen molar-refractivity contribution in [1.82, 2.24) is 19.6 Å². The average molecular weight is 439 g/mol. The summed E-state index contributed by atoms with van der Waals surface area (Å²) in [6.07, 6.45) is 3.37. The van der Waals surface area contributed by atoms with E-state index in [0.29, 0.717) is 31.1 Å². The molecule has 4 rings (SSSR count). The lowest BCUT2D eigenvalue weighted by Crippen LogP contribution is -2.42. The zero-order valence-electron chi connectivity index (χ0n) is 19.6. The number of carbonyl (C=O) groups is 2. The van der Waals surface area contributed by atoms with E-state index < -0.39 is 5.60 Å². The van der Waals surface area contributed by atoms with E-state index in [1.807, 2.05) is 38.8 Å². The molecule has 1 saturated heterocycles. The summed E-state index contributed by atoms with van der Waals surface area (Å²) in [6, 6.07) is 10.6. The molecule has 0 N–H and O–H groups in total. The van der Waals surface area contributed by atoms with Gasteiger partial charge in [0.2, 0.25) is 0 Å². The number of fused-ring (bicyclic) bond motifs is 1. The number of aromatic nitrogens is 2. The first kappa shape index (κ1) is 22.4. The average Bonchev–Trinajstić information content (AvgIpc) is 3.08. The van der Waals surface area contributed by atoms with E-state index in [9.17, 15) is 9.59 Å². The van der Waals surface area contributed by atoms with Crippen LogP contribution < -0.4 is 0 Å². The summed E-state index contributed by atoms with van der Waals surface area (Å²) in [6.45, 7) is 8.02. The minimum absolute atomic E-state index is 0.0189. The largest absolute Gasteiger partial charge is 0.444 e. The monoisotopic (exact) mass is 438 g/mol. The standard InChI is InChI=1S/C25H34N4O3/c1-25(2,3)32-24(31)29-15-12-21-20(17-29)22(27(4)26-21)23(30)28-13-10-19(11-14-28)16-18-8-6-5-7-9-18/h5-9,19H,10-17H2,1-4H3. The number of carbonyl (C=O) groups excluding carboxylic acids is 2. The predicted octanol–water partition coefficient (Wildman–Crippen LogP) is 3.81. The summed E-state index contributed by atoms with van der Waals surface area (Å²) in [5.74, 6) is 0.620. The summed E-state index contributed by atoms with van der Waals surface area (Å²) in [5.41, 5.74) is 3.19. The molecule has 7 nitrogen and oxygen atoms in total. The molecule has 3 heterocycles. The number of nitrogens with zero attached hydrogens (tertiary/aromatic N) is 4. The normalized spacial score (nSPS) is 17.2. The Bertz CT molecular complexity index is 969. The third kappa shape index (κ3) is 4.97. The van der Waals surface area contributed by atoms with Crippen LogP contribution in [0.1, 0.15) is 60.9 Å². The fourth-order valence-electron chi connectivity index (χ4n) is 4.69. The van der Waals surface area contributed by atoms with Crippen LogP contribution in [0.15, 0.2) is 30.3 Å². The van der Waals surface area contributed by atoms with Crippen molar-refractivity contribution in [2.45, 2.75) is 58.6 Å². The van der Waals surface area contributed by atoms with Gasteiger partial charge in [-0.2, -0.15) is 5.10 Å². The lowest BCUT2D eigenvalue weighted by Gasteiger charge is -2.33. The first-order valence-corrected chi connectivity index (χ1v) is 11.6. The van der Waals surface area contributed by atoms with Crippen LogP contribution in [0.25, 0.3) is 0 Å². The Kier molecular flexibility index (Phi) is 6.26. The second-order valence-corrected chi connectivity index (χ2v) is 9.97. The fourth-order valence-corrected chi connectivity index (χ4v) is 4.69. The minimum atomic E-state index is -0.547. The molecule has 32 heavy (non-hydrogen) atoms. The number of piperidine rings is 1. The molecule has 2 aliphatic rings. The molecule has 0 radical (unpaired) electrons. The maximum Gasteiger partial charge on any atom is 0.410 e. The van der Waals surface area contributed by atoms with Crippen molar-refractivity contribution in [3.8, 4) is 0 Å². The molecule has 1 aromatic heterocycles. The summed E-state index contributed by atoms with van der Waals surface area (Å²) < 4.78 is 7.24. The van der Waals surface area contributed by atoms with Gasteiger partial charge < -0.3 is 14.5 Å². The van der Waals surface area contributed by atoms with Crippen LogP contribution in [-0.2, 0) is 31.2 Å². The zero-order chi connectivity index (χ0) is 22.9. The molecule has 0 saturated carbocycles. The molecule has 1 fully saturated rings. The molecule has 0 aliphatic carbocycles. The van der Waals surface area contributed by atoms with Crippen LogP contribution in [0.4, 0.5) is 4.79 Å². The summed E-state index contributed by atoms with van der Waals surface area (Å²) in [4.78, 5) is 29.7. The smallest absolute Gasteiger partial charge is 0.410 e. The van der Waals surface area contributed by atoms with Gasteiger partial charge in [0.1, 0.15) is 11.3 Å². The molecule has 0 unspecified atom stereocenters. The van der Waals surface area contributed by atoms with Crippen LogP contribution in [0.5, 0.6) is 0 Å². The highest BCUT2D eigenvalue weighted by molar-refractivity contribution is 5.94.